The zero-order valence-corrected chi connectivity index (χ0v) is 13.0. The van der Waals surface area contributed by atoms with Crippen LogP contribution < -0.4 is 14.8 Å². The van der Waals surface area contributed by atoms with Crippen molar-refractivity contribution in [2.24, 2.45) is 0 Å². The summed E-state index contributed by atoms with van der Waals surface area (Å²) in [6.07, 6.45) is 2.58. The molecule has 5 nitrogen and oxygen atoms in total. The van der Waals surface area contributed by atoms with Crippen LogP contribution in [0.4, 0.5) is 0 Å². The van der Waals surface area contributed by atoms with Crippen molar-refractivity contribution >= 4 is 5.91 Å². The molecule has 0 saturated carbocycles. The number of hydrogen-bond acceptors (Lipinski definition) is 4. The number of rotatable bonds is 5. The molecule has 1 amide bonds. The average molecular weight is 292 g/mol. The van der Waals surface area contributed by atoms with Crippen LogP contribution in [0.1, 0.15) is 18.4 Å². The Bertz CT molecular complexity index is 484. The normalized spacial score (nSPS) is 18.1. The second-order valence-corrected chi connectivity index (χ2v) is 5.37. The maximum absolute atomic E-state index is 12.4. The molecule has 5 heteroatoms. The van der Waals surface area contributed by atoms with Gasteiger partial charge in [-0.25, -0.2) is 0 Å². The van der Waals surface area contributed by atoms with Crippen molar-refractivity contribution in [2.75, 3.05) is 34.4 Å². The van der Waals surface area contributed by atoms with Crippen LogP contribution in [-0.2, 0) is 11.2 Å². The maximum Gasteiger partial charge on any atom is 0.227 e. The first-order chi connectivity index (χ1) is 10.2. The van der Waals surface area contributed by atoms with Gasteiger partial charge in [-0.1, -0.05) is 6.07 Å². The summed E-state index contributed by atoms with van der Waals surface area (Å²) < 4.78 is 10.5. The van der Waals surface area contributed by atoms with Crippen LogP contribution in [0.3, 0.4) is 0 Å². The van der Waals surface area contributed by atoms with Crippen molar-refractivity contribution in [3.63, 3.8) is 0 Å². The van der Waals surface area contributed by atoms with E-state index in [1.54, 1.807) is 14.2 Å². The number of likely N-dealkylation sites (N-methyl/N-ethyl adjacent to an activating group) is 1. The Kier molecular flexibility index (Phi) is 5.44. The summed E-state index contributed by atoms with van der Waals surface area (Å²) >= 11 is 0. The number of nitrogens with one attached hydrogen (secondary N) is 1. The van der Waals surface area contributed by atoms with Gasteiger partial charge in [0.2, 0.25) is 5.91 Å². The number of piperidine rings is 1. The third-order valence-corrected chi connectivity index (χ3v) is 4.02. The number of benzene rings is 1. The molecule has 116 valence electrons. The smallest absolute Gasteiger partial charge is 0.227 e. The number of nitrogens with zero attached hydrogens (tertiary/aromatic N) is 1. The van der Waals surface area contributed by atoms with Crippen LogP contribution in [0.15, 0.2) is 18.2 Å². The second-order valence-electron chi connectivity index (χ2n) is 5.37. The predicted molar refractivity (Wildman–Crippen MR) is 81.9 cm³/mol. The molecular weight excluding hydrogens is 268 g/mol. The van der Waals surface area contributed by atoms with Crippen LogP contribution in [0.25, 0.3) is 0 Å². The summed E-state index contributed by atoms with van der Waals surface area (Å²) in [6.45, 7) is 1.93. The van der Waals surface area contributed by atoms with Gasteiger partial charge in [-0.05, 0) is 37.1 Å². The fourth-order valence-corrected chi connectivity index (χ4v) is 2.66. The molecule has 1 N–H and O–H groups in total. The zero-order chi connectivity index (χ0) is 15.2. The fraction of sp³-hybridized carbons (Fsp3) is 0.562. The second kappa shape index (κ2) is 7.31. The monoisotopic (exact) mass is 292 g/mol. The van der Waals surface area contributed by atoms with Crippen LogP contribution in [0, 0.1) is 0 Å². The van der Waals surface area contributed by atoms with E-state index in [2.05, 4.69) is 5.32 Å². The Morgan fingerprint density at radius 1 is 1.33 bits per heavy atom. The molecule has 2 rings (SSSR count). The van der Waals surface area contributed by atoms with Crippen molar-refractivity contribution in [3.05, 3.63) is 23.8 Å². The third kappa shape index (κ3) is 3.88. The van der Waals surface area contributed by atoms with E-state index in [-0.39, 0.29) is 5.91 Å². The Morgan fingerprint density at radius 2 is 2.10 bits per heavy atom. The van der Waals surface area contributed by atoms with Gasteiger partial charge in [0.1, 0.15) is 0 Å². The molecule has 0 bridgehead atoms. The molecule has 1 aromatic carbocycles. The first-order valence-electron chi connectivity index (χ1n) is 7.33. The molecular formula is C16H24N2O3. The highest BCUT2D eigenvalue weighted by molar-refractivity contribution is 5.79. The highest BCUT2D eigenvalue weighted by Crippen LogP contribution is 2.27. The molecule has 0 aliphatic carbocycles. The van der Waals surface area contributed by atoms with Crippen LogP contribution in [0.5, 0.6) is 11.5 Å². The Hall–Kier alpha value is -1.75. The van der Waals surface area contributed by atoms with Gasteiger partial charge in [0, 0.05) is 19.6 Å². The molecule has 1 aliphatic heterocycles. The lowest BCUT2D eigenvalue weighted by Crippen LogP contribution is -2.47. The lowest BCUT2D eigenvalue weighted by atomic mass is 10.0. The molecule has 1 atom stereocenters. The highest BCUT2D eigenvalue weighted by Gasteiger charge is 2.22. The van der Waals surface area contributed by atoms with E-state index in [1.807, 2.05) is 30.1 Å². The number of amides is 1. The Balaban J connectivity index is 2.01. The van der Waals surface area contributed by atoms with Crippen LogP contribution in [-0.4, -0.2) is 51.2 Å². The maximum atomic E-state index is 12.4. The van der Waals surface area contributed by atoms with E-state index in [0.29, 0.717) is 24.0 Å². The van der Waals surface area contributed by atoms with Crippen molar-refractivity contribution in [1.29, 1.82) is 0 Å². The summed E-state index contributed by atoms with van der Waals surface area (Å²) in [7, 11) is 5.09. The molecule has 0 aromatic heterocycles. The first-order valence-corrected chi connectivity index (χ1v) is 7.33. The van der Waals surface area contributed by atoms with E-state index in [9.17, 15) is 4.79 Å². The molecule has 1 fully saturated rings. The SMILES string of the molecule is COc1ccc(CC(=O)N(C)C2CCCNC2)cc1OC. The van der Waals surface area contributed by atoms with E-state index >= 15 is 0 Å². The number of carbonyl (C=O) groups is 1. The first kappa shape index (κ1) is 15.6. The van der Waals surface area contributed by atoms with Gasteiger partial charge in [0.15, 0.2) is 11.5 Å². The minimum atomic E-state index is 0.135. The summed E-state index contributed by atoms with van der Waals surface area (Å²) in [6, 6.07) is 5.91. The molecule has 0 radical (unpaired) electrons. The van der Waals surface area contributed by atoms with E-state index in [4.69, 9.17) is 9.47 Å². The summed E-state index contributed by atoms with van der Waals surface area (Å²) in [5.74, 6) is 1.47. The lowest BCUT2D eigenvalue weighted by Gasteiger charge is -2.31. The lowest BCUT2D eigenvalue weighted by molar-refractivity contribution is -0.131. The van der Waals surface area contributed by atoms with Gasteiger partial charge in [0.05, 0.1) is 20.6 Å². The number of carbonyl (C=O) groups excluding carboxylic acids is 1. The zero-order valence-electron chi connectivity index (χ0n) is 13.0. The van der Waals surface area contributed by atoms with Crippen LogP contribution in [0.2, 0.25) is 0 Å². The van der Waals surface area contributed by atoms with Crippen LogP contribution >= 0.6 is 0 Å². The number of methoxy groups -OCH3 is 2. The van der Waals surface area contributed by atoms with Crippen molar-refractivity contribution in [2.45, 2.75) is 25.3 Å². The van der Waals surface area contributed by atoms with E-state index in [1.165, 1.54) is 0 Å². The van der Waals surface area contributed by atoms with Gasteiger partial charge < -0.3 is 19.7 Å². The standard InChI is InChI=1S/C16H24N2O3/c1-18(13-5-4-8-17-11-13)16(19)10-12-6-7-14(20-2)15(9-12)21-3/h6-7,9,13,17H,4-5,8,10-11H2,1-3H3. The minimum absolute atomic E-state index is 0.135. The summed E-state index contributed by atoms with van der Waals surface area (Å²) in [5.41, 5.74) is 0.938. The van der Waals surface area contributed by atoms with Crippen molar-refractivity contribution < 1.29 is 14.3 Å². The molecule has 1 saturated heterocycles. The molecule has 21 heavy (non-hydrogen) atoms. The third-order valence-electron chi connectivity index (χ3n) is 4.02. The molecule has 1 aliphatic rings. The largest absolute Gasteiger partial charge is 0.493 e. The van der Waals surface area contributed by atoms with E-state index in [0.717, 1.165) is 31.5 Å². The summed E-state index contributed by atoms with van der Waals surface area (Å²) in [4.78, 5) is 14.3. The average Bonchev–Trinajstić information content (AvgIpc) is 2.54. The van der Waals surface area contributed by atoms with Gasteiger partial charge in [-0.3, -0.25) is 4.79 Å². The predicted octanol–water partition coefficient (Wildman–Crippen LogP) is 1.46. The molecule has 1 heterocycles. The molecule has 1 aromatic rings. The van der Waals surface area contributed by atoms with E-state index < -0.39 is 0 Å². The quantitative estimate of drug-likeness (QED) is 0.892. The number of hydrogen-bond donors (Lipinski definition) is 1. The number of ether oxygens (including phenoxy) is 2. The molecule has 1 unspecified atom stereocenters. The highest BCUT2D eigenvalue weighted by atomic mass is 16.5. The topological polar surface area (TPSA) is 50.8 Å². The Morgan fingerprint density at radius 3 is 2.71 bits per heavy atom. The van der Waals surface area contributed by atoms with Crippen molar-refractivity contribution in [3.8, 4) is 11.5 Å². The Labute approximate surface area is 126 Å². The van der Waals surface area contributed by atoms with Gasteiger partial charge in [-0.2, -0.15) is 0 Å². The summed E-state index contributed by atoms with van der Waals surface area (Å²) in [5, 5.41) is 3.34. The minimum Gasteiger partial charge on any atom is -0.493 e. The van der Waals surface area contributed by atoms with Gasteiger partial charge >= 0.3 is 0 Å². The molecule has 0 spiro atoms. The fourth-order valence-electron chi connectivity index (χ4n) is 2.66. The van der Waals surface area contributed by atoms with Gasteiger partial charge in [-0.15, -0.1) is 0 Å². The van der Waals surface area contributed by atoms with Gasteiger partial charge in [0.25, 0.3) is 0 Å². The van der Waals surface area contributed by atoms with Crippen molar-refractivity contribution in [1.82, 2.24) is 10.2 Å².